The summed E-state index contributed by atoms with van der Waals surface area (Å²) >= 11 is 0. The minimum absolute atomic E-state index is 0.0362. The fourth-order valence-electron chi connectivity index (χ4n) is 9.71. The van der Waals surface area contributed by atoms with Gasteiger partial charge in [0.25, 0.3) is 0 Å². The fraction of sp³-hybridized carbons (Fsp3) is 0.321. The Morgan fingerprint density at radius 1 is 0.391 bits per heavy atom. The predicted molar refractivity (Wildman–Crippen MR) is 262 cm³/mol. The van der Waals surface area contributed by atoms with Crippen molar-refractivity contribution in [3.8, 4) is 62.9 Å². The van der Waals surface area contributed by atoms with Crippen molar-refractivity contribution in [1.82, 2.24) is 0 Å². The maximum absolute atomic E-state index is 6.72. The van der Waals surface area contributed by atoms with E-state index in [4.69, 9.17) is 42.6 Å². The van der Waals surface area contributed by atoms with Crippen molar-refractivity contribution in [2.75, 3.05) is 48.6 Å². The van der Waals surface area contributed by atoms with Gasteiger partial charge in [-0.25, -0.2) is 0 Å². The molecule has 0 spiro atoms. The standard InChI is InChI=1S/C53H58O9P2/c1-15-58-41-25-43(64(39-20-32(6)48(56-13)33(7)21-39)40-22-34(8)49(57-14)35(9)23-40)45(53-51(41)60-27-62-53)44-42(24-36(10)50-52(44)61-26-59-50)63(37-16-28(2)46(54-11)29(3)17-37)38-18-30(4)47(55-12)31(5)19-38/h16-25H,15,26-27H2,1-14H3. The lowest BCUT2D eigenvalue weighted by molar-refractivity contribution is 0.170. The topological polar surface area (TPSA) is 83.1 Å². The summed E-state index contributed by atoms with van der Waals surface area (Å²) in [5.41, 5.74) is 11.2. The summed E-state index contributed by atoms with van der Waals surface area (Å²) in [7, 11) is 4.27. The Kier molecular flexibility index (Phi) is 12.7. The highest BCUT2D eigenvalue weighted by molar-refractivity contribution is 7.80. The number of ether oxygens (including phenoxy) is 9. The van der Waals surface area contributed by atoms with Crippen molar-refractivity contribution < 1.29 is 42.6 Å². The Hall–Kier alpha value is -5.62. The number of benzene rings is 6. The summed E-state index contributed by atoms with van der Waals surface area (Å²) in [6.07, 6.45) is 0. The molecule has 0 aliphatic carbocycles. The van der Waals surface area contributed by atoms with E-state index in [2.05, 4.69) is 123 Å². The Morgan fingerprint density at radius 2 is 0.688 bits per heavy atom. The molecule has 9 nitrogen and oxygen atoms in total. The van der Waals surface area contributed by atoms with Crippen LogP contribution in [0.4, 0.5) is 0 Å². The van der Waals surface area contributed by atoms with Gasteiger partial charge in [-0.15, -0.1) is 0 Å². The summed E-state index contributed by atoms with van der Waals surface area (Å²) in [5.74, 6) is 6.67. The fourth-order valence-corrected chi connectivity index (χ4v) is 15.4. The Morgan fingerprint density at radius 3 is 1.02 bits per heavy atom. The van der Waals surface area contributed by atoms with E-state index in [0.29, 0.717) is 35.4 Å². The van der Waals surface area contributed by atoms with Crippen LogP contribution in [0.25, 0.3) is 11.1 Å². The first kappa shape index (κ1) is 45.0. The van der Waals surface area contributed by atoms with Crippen LogP contribution in [0.2, 0.25) is 0 Å². The van der Waals surface area contributed by atoms with E-state index < -0.39 is 15.8 Å². The molecule has 6 aromatic carbocycles. The molecule has 0 bridgehead atoms. The summed E-state index contributed by atoms with van der Waals surface area (Å²) in [6, 6.07) is 22.6. The van der Waals surface area contributed by atoms with Gasteiger partial charge in [-0.1, -0.05) is 0 Å². The molecule has 2 heterocycles. The molecule has 11 heteroatoms. The highest BCUT2D eigenvalue weighted by Crippen LogP contribution is 2.57. The molecule has 0 aromatic heterocycles. The van der Waals surface area contributed by atoms with Crippen molar-refractivity contribution in [3.05, 3.63) is 111 Å². The van der Waals surface area contributed by atoms with Crippen molar-refractivity contribution in [2.45, 2.75) is 69.2 Å². The van der Waals surface area contributed by atoms with Crippen LogP contribution in [0.15, 0.2) is 60.7 Å². The highest BCUT2D eigenvalue weighted by atomic mass is 31.1. The van der Waals surface area contributed by atoms with Crippen LogP contribution < -0.4 is 74.5 Å². The van der Waals surface area contributed by atoms with Gasteiger partial charge in [-0.3, -0.25) is 0 Å². The molecule has 0 N–H and O–H groups in total. The number of aryl methyl sites for hydroxylation is 9. The van der Waals surface area contributed by atoms with Crippen molar-refractivity contribution >= 4 is 47.7 Å². The SMILES string of the molecule is CCOc1cc(P(c2cc(C)c(OC)c(C)c2)c2cc(C)c(OC)c(C)c2)c(-c2c(P(c3cc(C)c(OC)c(C)c3)c3cc(C)c(OC)c(C)c3)cc(C)c3c2OCO3)c2c1OCO2. The van der Waals surface area contributed by atoms with E-state index in [-0.39, 0.29) is 13.6 Å². The molecule has 0 atom stereocenters. The second-order valence-corrected chi connectivity index (χ2v) is 20.9. The number of rotatable bonds is 13. The van der Waals surface area contributed by atoms with E-state index in [1.54, 1.807) is 28.4 Å². The second-order valence-electron chi connectivity index (χ2n) is 16.5. The Bertz CT molecular complexity index is 2600. The van der Waals surface area contributed by atoms with E-state index in [9.17, 15) is 0 Å². The Labute approximate surface area is 380 Å². The average molecular weight is 901 g/mol. The molecule has 334 valence electrons. The van der Waals surface area contributed by atoms with Crippen LogP contribution in [-0.2, 0) is 0 Å². The van der Waals surface area contributed by atoms with Gasteiger partial charge in [-0.05, 0) is 222 Å². The molecular weight excluding hydrogens is 843 g/mol. The zero-order valence-electron chi connectivity index (χ0n) is 39.5. The quantitative estimate of drug-likeness (QED) is 0.105. The molecule has 8 rings (SSSR count). The van der Waals surface area contributed by atoms with Crippen molar-refractivity contribution in [1.29, 1.82) is 0 Å². The van der Waals surface area contributed by atoms with Gasteiger partial charge in [0, 0.05) is 16.4 Å². The first-order valence-electron chi connectivity index (χ1n) is 21.5. The third kappa shape index (κ3) is 7.75. The highest BCUT2D eigenvalue weighted by Gasteiger charge is 2.39. The van der Waals surface area contributed by atoms with Gasteiger partial charge >= 0.3 is 0 Å². The third-order valence-electron chi connectivity index (χ3n) is 12.1. The lowest BCUT2D eigenvalue weighted by Crippen LogP contribution is -2.28. The molecule has 0 fully saturated rings. The molecule has 0 saturated heterocycles. The van der Waals surface area contributed by atoms with Crippen LogP contribution >= 0.6 is 15.8 Å². The molecule has 0 amide bonds. The molecule has 0 saturated carbocycles. The first-order chi connectivity index (χ1) is 30.7. The van der Waals surface area contributed by atoms with Crippen LogP contribution in [0, 0.1) is 62.3 Å². The minimum Gasteiger partial charge on any atom is -0.496 e. The molecule has 6 aromatic rings. The lowest BCUT2D eigenvalue weighted by Gasteiger charge is -2.30. The number of hydrogen-bond donors (Lipinski definition) is 0. The smallest absolute Gasteiger partial charge is 0.231 e. The second kappa shape index (κ2) is 18.1. The van der Waals surface area contributed by atoms with Crippen LogP contribution in [-0.4, -0.2) is 48.6 Å². The van der Waals surface area contributed by atoms with E-state index >= 15 is 0 Å². The van der Waals surface area contributed by atoms with Gasteiger partial charge in [-0.2, -0.15) is 0 Å². The molecule has 64 heavy (non-hydrogen) atoms. The number of fused-ring (bicyclic) bond motifs is 2. The monoisotopic (exact) mass is 900 g/mol. The van der Waals surface area contributed by atoms with Gasteiger partial charge in [0.1, 0.15) is 23.0 Å². The molecule has 2 aliphatic heterocycles. The van der Waals surface area contributed by atoms with Gasteiger partial charge in [0.05, 0.1) is 35.0 Å². The minimum atomic E-state index is -1.36. The zero-order chi connectivity index (χ0) is 45.7. The normalized spacial score (nSPS) is 12.6. The summed E-state index contributed by atoms with van der Waals surface area (Å²) < 4.78 is 56.4. The lowest BCUT2D eigenvalue weighted by atomic mass is 9.99. The van der Waals surface area contributed by atoms with E-state index in [1.165, 1.54) is 10.6 Å². The van der Waals surface area contributed by atoms with Crippen LogP contribution in [0.1, 0.15) is 57.0 Å². The molecule has 2 aliphatic rings. The van der Waals surface area contributed by atoms with E-state index in [1.807, 2.05) is 6.92 Å². The predicted octanol–water partition coefficient (Wildman–Crippen LogP) is 9.54. The maximum Gasteiger partial charge on any atom is 0.231 e. The summed E-state index contributed by atoms with van der Waals surface area (Å²) in [4.78, 5) is 0. The number of hydrogen-bond acceptors (Lipinski definition) is 9. The van der Waals surface area contributed by atoms with Crippen LogP contribution in [0.3, 0.4) is 0 Å². The first-order valence-corrected chi connectivity index (χ1v) is 24.2. The zero-order valence-corrected chi connectivity index (χ0v) is 41.3. The van der Waals surface area contributed by atoms with Gasteiger partial charge in [0.2, 0.25) is 19.3 Å². The van der Waals surface area contributed by atoms with Crippen molar-refractivity contribution in [2.24, 2.45) is 0 Å². The number of methoxy groups -OCH3 is 4. The largest absolute Gasteiger partial charge is 0.496 e. The average Bonchev–Trinajstić information content (AvgIpc) is 3.94. The van der Waals surface area contributed by atoms with Gasteiger partial charge in [0.15, 0.2) is 23.0 Å². The van der Waals surface area contributed by atoms with Crippen molar-refractivity contribution in [3.63, 3.8) is 0 Å². The third-order valence-corrected chi connectivity index (χ3v) is 16.8. The summed E-state index contributed by atoms with van der Waals surface area (Å²) in [6.45, 7) is 21.6. The Balaban J connectivity index is 1.56. The van der Waals surface area contributed by atoms with Gasteiger partial charge < -0.3 is 42.6 Å². The van der Waals surface area contributed by atoms with Crippen LogP contribution in [0.5, 0.6) is 51.7 Å². The molecule has 0 radical (unpaired) electrons. The maximum atomic E-state index is 6.72. The molecule has 0 unspecified atom stereocenters. The summed E-state index contributed by atoms with van der Waals surface area (Å²) in [5, 5.41) is 6.74. The van der Waals surface area contributed by atoms with E-state index in [0.717, 1.165) is 105 Å². The molecular formula is C53H58O9P2.